The van der Waals surface area contributed by atoms with Crippen LogP contribution in [0, 0.1) is 11.8 Å². The molecule has 0 aromatic heterocycles. The summed E-state index contributed by atoms with van der Waals surface area (Å²) in [4.78, 5) is 15.5. The maximum atomic E-state index is 10.6. The summed E-state index contributed by atoms with van der Waals surface area (Å²) in [5, 5.41) is 8.71. The lowest BCUT2D eigenvalue weighted by molar-refractivity contribution is -0.137. The highest BCUT2D eigenvalue weighted by Crippen LogP contribution is 2.30. The third-order valence-electron chi connectivity index (χ3n) is 4.86. The highest BCUT2D eigenvalue weighted by molar-refractivity contribution is 5.66. The number of nitrogens with zero attached hydrogens (tertiary/aromatic N) is 2. The lowest BCUT2D eigenvalue weighted by atomic mass is 9.93. The Morgan fingerprint density at radius 3 is 2.45 bits per heavy atom. The molecule has 4 nitrogen and oxygen atoms in total. The van der Waals surface area contributed by atoms with Crippen molar-refractivity contribution in [1.29, 1.82) is 0 Å². The minimum atomic E-state index is -0.675. The molecule has 0 spiro atoms. The first-order valence-corrected chi connectivity index (χ1v) is 8.34. The van der Waals surface area contributed by atoms with Crippen LogP contribution in [0.15, 0.2) is 0 Å². The van der Waals surface area contributed by atoms with Gasteiger partial charge in [-0.2, -0.15) is 0 Å². The largest absolute Gasteiger partial charge is 0.481 e. The average molecular weight is 282 g/mol. The standard InChI is InChI=1S/C16H30N2O2/c1-2-17(13-15-3-4-15)9-5-14-6-10-18(11-7-14)12-8-16(19)20/h14-15H,2-13H2,1H3,(H,19,20). The van der Waals surface area contributed by atoms with E-state index in [1.54, 1.807) is 0 Å². The number of hydrogen-bond donors (Lipinski definition) is 1. The molecule has 1 heterocycles. The fourth-order valence-electron chi connectivity index (χ4n) is 3.16. The van der Waals surface area contributed by atoms with Crippen molar-refractivity contribution in [2.24, 2.45) is 11.8 Å². The minimum Gasteiger partial charge on any atom is -0.481 e. The van der Waals surface area contributed by atoms with Crippen molar-refractivity contribution in [3.05, 3.63) is 0 Å². The van der Waals surface area contributed by atoms with Crippen LogP contribution >= 0.6 is 0 Å². The molecule has 1 saturated heterocycles. The molecule has 0 aromatic carbocycles. The van der Waals surface area contributed by atoms with Crippen LogP contribution in [0.5, 0.6) is 0 Å². The topological polar surface area (TPSA) is 43.8 Å². The summed E-state index contributed by atoms with van der Waals surface area (Å²) in [6.07, 6.45) is 7.00. The average Bonchev–Trinajstić information content (AvgIpc) is 3.26. The van der Waals surface area contributed by atoms with E-state index in [-0.39, 0.29) is 6.42 Å². The van der Waals surface area contributed by atoms with Gasteiger partial charge < -0.3 is 14.9 Å². The lowest BCUT2D eigenvalue weighted by Gasteiger charge is -2.32. The van der Waals surface area contributed by atoms with Gasteiger partial charge in [0, 0.05) is 13.1 Å². The maximum absolute atomic E-state index is 10.6. The van der Waals surface area contributed by atoms with E-state index in [9.17, 15) is 4.79 Å². The second-order valence-electron chi connectivity index (χ2n) is 6.55. The Balaban J connectivity index is 1.57. The van der Waals surface area contributed by atoms with Crippen LogP contribution in [-0.4, -0.2) is 60.1 Å². The molecule has 2 fully saturated rings. The molecule has 2 rings (SSSR count). The Labute approximate surface area is 123 Å². The molecule has 1 aliphatic carbocycles. The van der Waals surface area contributed by atoms with E-state index in [4.69, 9.17) is 5.11 Å². The molecule has 0 bridgehead atoms. The van der Waals surface area contributed by atoms with Crippen LogP contribution in [-0.2, 0) is 4.79 Å². The Kier molecular flexibility index (Phi) is 6.30. The Morgan fingerprint density at radius 2 is 1.90 bits per heavy atom. The summed E-state index contributed by atoms with van der Waals surface area (Å²) in [6.45, 7) is 8.94. The molecule has 0 radical (unpaired) electrons. The summed E-state index contributed by atoms with van der Waals surface area (Å²) in [5.74, 6) is 1.17. The van der Waals surface area contributed by atoms with Gasteiger partial charge in [0.25, 0.3) is 0 Å². The Hall–Kier alpha value is -0.610. The number of likely N-dealkylation sites (tertiary alicyclic amines) is 1. The maximum Gasteiger partial charge on any atom is 0.304 e. The molecule has 116 valence electrons. The van der Waals surface area contributed by atoms with Gasteiger partial charge in [-0.05, 0) is 70.1 Å². The van der Waals surface area contributed by atoms with Crippen molar-refractivity contribution < 1.29 is 9.90 Å². The summed E-state index contributed by atoms with van der Waals surface area (Å²) in [5.41, 5.74) is 0. The predicted molar refractivity (Wildman–Crippen MR) is 80.9 cm³/mol. The van der Waals surface area contributed by atoms with Crippen LogP contribution < -0.4 is 0 Å². The zero-order chi connectivity index (χ0) is 14.4. The molecule has 0 aromatic rings. The number of carboxylic acids is 1. The van der Waals surface area contributed by atoms with Crippen molar-refractivity contribution in [2.75, 3.05) is 39.3 Å². The van der Waals surface area contributed by atoms with Gasteiger partial charge in [0.2, 0.25) is 0 Å². The SMILES string of the molecule is CCN(CCC1CCN(CCC(=O)O)CC1)CC1CC1. The van der Waals surface area contributed by atoms with Gasteiger partial charge in [0.1, 0.15) is 0 Å². The van der Waals surface area contributed by atoms with Crippen LogP contribution in [0.4, 0.5) is 0 Å². The van der Waals surface area contributed by atoms with Gasteiger partial charge in [-0.25, -0.2) is 0 Å². The van der Waals surface area contributed by atoms with Crippen molar-refractivity contribution in [3.8, 4) is 0 Å². The molecule has 1 aliphatic heterocycles. The van der Waals surface area contributed by atoms with Gasteiger partial charge >= 0.3 is 5.97 Å². The lowest BCUT2D eigenvalue weighted by Crippen LogP contribution is -2.36. The fourth-order valence-corrected chi connectivity index (χ4v) is 3.16. The first kappa shape index (κ1) is 15.8. The predicted octanol–water partition coefficient (Wildman–Crippen LogP) is 2.30. The van der Waals surface area contributed by atoms with Gasteiger partial charge in [-0.1, -0.05) is 6.92 Å². The van der Waals surface area contributed by atoms with Gasteiger partial charge in [0.05, 0.1) is 6.42 Å². The molecule has 1 saturated carbocycles. The van der Waals surface area contributed by atoms with E-state index in [2.05, 4.69) is 16.7 Å². The Morgan fingerprint density at radius 1 is 1.20 bits per heavy atom. The van der Waals surface area contributed by atoms with E-state index < -0.39 is 5.97 Å². The number of hydrogen-bond acceptors (Lipinski definition) is 3. The second kappa shape index (κ2) is 7.99. The van der Waals surface area contributed by atoms with Crippen molar-refractivity contribution in [3.63, 3.8) is 0 Å². The summed E-state index contributed by atoms with van der Waals surface area (Å²) >= 11 is 0. The van der Waals surface area contributed by atoms with Crippen molar-refractivity contribution in [2.45, 2.75) is 45.4 Å². The third kappa shape index (κ3) is 5.80. The number of rotatable bonds is 9. The van der Waals surface area contributed by atoms with Crippen LogP contribution in [0.1, 0.15) is 45.4 Å². The highest BCUT2D eigenvalue weighted by atomic mass is 16.4. The first-order valence-electron chi connectivity index (χ1n) is 8.34. The molecular weight excluding hydrogens is 252 g/mol. The number of aliphatic carboxylic acids is 1. The second-order valence-corrected chi connectivity index (χ2v) is 6.55. The smallest absolute Gasteiger partial charge is 0.304 e. The van der Waals surface area contributed by atoms with Gasteiger partial charge in [-0.3, -0.25) is 4.79 Å². The summed E-state index contributed by atoms with van der Waals surface area (Å²) in [6, 6.07) is 0. The van der Waals surface area contributed by atoms with Crippen LogP contribution in [0.3, 0.4) is 0 Å². The zero-order valence-corrected chi connectivity index (χ0v) is 12.9. The molecule has 0 atom stereocenters. The number of carboxylic acid groups (broad SMARTS) is 1. The van der Waals surface area contributed by atoms with E-state index in [1.165, 1.54) is 51.7 Å². The first-order chi connectivity index (χ1) is 9.67. The molecule has 20 heavy (non-hydrogen) atoms. The monoisotopic (exact) mass is 282 g/mol. The molecule has 0 unspecified atom stereocenters. The van der Waals surface area contributed by atoms with E-state index in [0.717, 1.165) is 31.5 Å². The zero-order valence-electron chi connectivity index (χ0n) is 12.9. The van der Waals surface area contributed by atoms with Crippen molar-refractivity contribution in [1.82, 2.24) is 9.80 Å². The van der Waals surface area contributed by atoms with Crippen LogP contribution in [0.2, 0.25) is 0 Å². The number of piperidine rings is 1. The minimum absolute atomic E-state index is 0.287. The summed E-state index contributed by atoms with van der Waals surface area (Å²) < 4.78 is 0. The molecule has 0 amide bonds. The van der Waals surface area contributed by atoms with E-state index >= 15 is 0 Å². The summed E-state index contributed by atoms with van der Waals surface area (Å²) in [7, 11) is 0. The number of carbonyl (C=O) groups is 1. The quantitative estimate of drug-likeness (QED) is 0.705. The molecule has 2 aliphatic rings. The van der Waals surface area contributed by atoms with Crippen molar-refractivity contribution >= 4 is 5.97 Å². The molecule has 1 N–H and O–H groups in total. The fraction of sp³-hybridized carbons (Fsp3) is 0.938. The Bertz CT molecular complexity index is 297. The molecular formula is C16H30N2O2. The highest BCUT2D eigenvalue weighted by Gasteiger charge is 2.24. The van der Waals surface area contributed by atoms with E-state index in [0.29, 0.717) is 0 Å². The normalized spacial score (nSPS) is 21.5. The third-order valence-corrected chi connectivity index (χ3v) is 4.86. The van der Waals surface area contributed by atoms with Gasteiger partial charge in [0.15, 0.2) is 0 Å². The van der Waals surface area contributed by atoms with E-state index in [1.807, 2.05) is 0 Å². The van der Waals surface area contributed by atoms with Gasteiger partial charge in [-0.15, -0.1) is 0 Å². The molecule has 4 heteroatoms. The van der Waals surface area contributed by atoms with Crippen LogP contribution in [0.25, 0.3) is 0 Å².